The number of phenols is 1. The Balaban J connectivity index is 1.93. The van der Waals surface area contributed by atoms with Gasteiger partial charge in [-0.05, 0) is 62.8 Å². The van der Waals surface area contributed by atoms with E-state index in [0.29, 0.717) is 18.3 Å². The molecule has 1 aliphatic heterocycles. The summed E-state index contributed by atoms with van der Waals surface area (Å²) in [6, 6.07) is 4.01. The van der Waals surface area contributed by atoms with Crippen LogP contribution in [0.5, 0.6) is 11.5 Å². The molecule has 1 N–H and O–H groups in total. The van der Waals surface area contributed by atoms with Crippen molar-refractivity contribution in [3.63, 3.8) is 0 Å². The maximum absolute atomic E-state index is 11.2. The third-order valence-corrected chi connectivity index (χ3v) is 5.93. The van der Waals surface area contributed by atoms with Gasteiger partial charge in [0, 0.05) is 24.3 Å². The normalized spacial score (nSPS) is 22.9. The van der Waals surface area contributed by atoms with Gasteiger partial charge >= 0.3 is 5.97 Å². The first-order chi connectivity index (χ1) is 12.8. The standard InChI is InChI=1S/C23H32O4/c1-5-6-7-8-16-12-20(25)22-18-11-17(14-26-15(2)24)9-10-19(18)23(3,4)27-21(22)13-16/h11-13,18-19,25H,5-10,14H2,1-4H3/t18-,19-/m1/s1. The van der Waals surface area contributed by atoms with Crippen LogP contribution >= 0.6 is 0 Å². The first-order valence-corrected chi connectivity index (χ1v) is 10.2. The van der Waals surface area contributed by atoms with Crippen LogP contribution in [0.15, 0.2) is 23.8 Å². The Morgan fingerprint density at radius 2 is 2.11 bits per heavy atom. The van der Waals surface area contributed by atoms with Crippen molar-refractivity contribution < 1.29 is 19.4 Å². The van der Waals surface area contributed by atoms with Crippen LogP contribution in [-0.4, -0.2) is 23.3 Å². The number of carbonyl (C=O) groups excluding carboxylic acids is 1. The molecule has 0 radical (unpaired) electrons. The van der Waals surface area contributed by atoms with Crippen LogP contribution in [0.2, 0.25) is 0 Å². The quantitative estimate of drug-likeness (QED) is 0.419. The maximum atomic E-state index is 11.2. The average Bonchev–Trinajstić information content (AvgIpc) is 2.59. The van der Waals surface area contributed by atoms with Crippen LogP contribution in [0.4, 0.5) is 0 Å². The average molecular weight is 373 g/mol. The van der Waals surface area contributed by atoms with Crippen molar-refractivity contribution in [2.45, 2.75) is 77.7 Å². The molecular formula is C23H32O4. The summed E-state index contributed by atoms with van der Waals surface area (Å²) in [6.45, 7) is 8.24. The van der Waals surface area contributed by atoms with Gasteiger partial charge in [0.15, 0.2) is 0 Å². The van der Waals surface area contributed by atoms with Gasteiger partial charge in [-0.2, -0.15) is 0 Å². The molecule has 1 aromatic rings. The number of carbonyl (C=O) groups is 1. The van der Waals surface area contributed by atoms with Gasteiger partial charge in [0.05, 0.1) is 0 Å². The minimum Gasteiger partial charge on any atom is -0.507 e. The van der Waals surface area contributed by atoms with Gasteiger partial charge < -0.3 is 14.6 Å². The van der Waals surface area contributed by atoms with Gasteiger partial charge in [-0.25, -0.2) is 0 Å². The van der Waals surface area contributed by atoms with Crippen LogP contribution in [0.1, 0.15) is 76.8 Å². The Morgan fingerprint density at radius 1 is 1.33 bits per heavy atom. The molecule has 0 saturated heterocycles. The Labute approximate surface area is 162 Å². The summed E-state index contributed by atoms with van der Waals surface area (Å²) < 4.78 is 11.6. The number of aryl methyl sites for hydroxylation is 1. The molecule has 1 heterocycles. The van der Waals surface area contributed by atoms with Crippen molar-refractivity contribution in [2.75, 3.05) is 6.61 Å². The minimum atomic E-state index is -0.296. The summed E-state index contributed by atoms with van der Waals surface area (Å²) >= 11 is 0. The summed E-state index contributed by atoms with van der Waals surface area (Å²) in [5.41, 5.74) is 2.85. The van der Waals surface area contributed by atoms with Gasteiger partial charge in [0.1, 0.15) is 23.7 Å². The second-order valence-corrected chi connectivity index (χ2v) is 8.47. The zero-order valence-electron chi connectivity index (χ0n) is 17.0. The van der Waals surface area contributed by atoms with E-state index in [1.54, 1.807) is 0 Å². The second kappa shape index (κ2) is 7.95. The smallest absolute Gasteiger partial charge is 0.302 e. The van der Waals surface area contributed by atoms with Crippen LogP contribution in [-0.2, 0) is 16.0 Å². The van der Waals surface area contributed by atoms with Crippen LogP contribution in [0.25, 0.3) is 0 Å². The highest BCUT2D eigenvalue weighted by molar-refractivity contribution is 5.66. The molecule has 3 rings (SSSR count). The van der Waals surface area contributed by atoms with Gasteiger partial charge in [-0.15, -0.1) is 0 Å². The van der Waals surface area contributed by atoms with Crippen LogP contribution < -0.4 is 4.74 Å². The van der Waals surface area contributed by atoms with Crippen molar-refractivity contribution in [3.8, 4) is 11.5 Å². The number of esters is 1. The molecular weight excluding hydrogens is 340 g/mol. The number of hydrogen-bond acceptors (Lipinski definition) is 4. The lowest BCUT2D eigenvalue weighted by Gasteiger charge is -2.46. The third kappa shape index (κ3) is 4.31. The Hall–Kier alpha value is -1.97. The summed E-state index contributed by atoms with van der Waals surface area (Å²) in [4.78, 5) is 11.2. The number of ether oxygens (including phenoxy) is 2. The van der Waals surface area contributed by atoms with Crippen LogP contribution in [0.3, 0.4) is 0 Å². The molecule has 1 aromatic carbocycles. The van der Waals surface area contributed by atoms with Crippen molar-refractivity contribution in [3.05, 3.63) is 34.9 Å². The summed E-state index contributed by atoms with van der Waals surface area (Å²) in [6.07, 6.45) is 8.50. The lowest BCUT2D eigenvalue weighted by molar-refractivity contribution is -0.140. The molecule has 4 nitrogen and oxygen atoms in total. The topological polar surface area (TPSA) is 55.8 Å². The zero-order valence-corrected chi connectivity index (χ0v) is 17.0. The second-order valence-electron chi connectivity index (χ2n) is 8.47. The molecule has 1 aliphatic carbocycles. The molecule has 0 aromatic heterocycles. The fourth-order valence-corrected chi connectivity index (χ4v) is 4.52. The van der Waals surface area contributed by atoms with E-state index in [0.717, 1.165) is 48.1 Å². The predicted octanol–water partition coefficient (Wildman–Crippen LogP) is 5.28. The summed E-state index contributed by atoms with van der Waals surface area (Å²) in [7, 11) is 0. The van der Waals surface area contributed by atoms with Gasteiger partial charge in [-0.3, -0.25) is 4.79 Å². The molecule has 0 saturated carbocycles. The number of allylic oxidation sites excluding steroid dienone is 1. The molecule has 0 unspecified atom stereocenters. The minimum absolute atomic E-state index is 0.0905. The molecule has 2 aliphatic rings. The van der Waals surface area contributed by atoms with E-state index < -0.39 is 0 Å². The molecule has 0 amide bonds. The largest absolute Gasteiger partial charge is 0.507 e. The molecule has 27 heavy (non-hydrogen) atoms. The van der Waals surface area contributed by atoms with Crippen molar-refractivity contribution in [1.29, 1.82) is 0 Å². The van der Waals surface area contributed by atoms with Crippen molar-refractivity contribution in [1.82, 2.24) is 0 Å². The monoisotopic (exact) mass is 372 g/mol. The van der Waals surface area contributed by atoms with E-state index in [-0.39, 0.29) is 17.5 Å². The maximum Gasteiger partial charge on any atom is 0.302 e. The van der Waals surface area contributed by atoms with E-state index >= 15 is 0 Å². The van der Waals surface area contributed by atoms with E-state index in [1.165, 1.54) is 19.8 Å². The Morgan fingerprint density at radius 3 is 2.81 bits per heavy atom. The highest BCUT2D eigenvalue weighted by Gasteiger charge is 2.45. The lowest BCUT2D eigenvalue weighted by atomic mass is 9.68. The Bertz CT molecular complexity index is 732. The van der Waals surface area contributed by atoms with Gasteiger partial charge in [-0.1, -0.05) is 25.8 Å². The number of rotatable bonds is 6. The Kier molecular flexibility index (Phi) is 5.83. The molecule has 0 fully saturated rings. The fourth-order valence-electron chi connectivity index (χ4n) is 4.52. The number of aromatic hydroxyl groups is 1. The highest BCUT2D eigenvalue weighted by atomic mass is 16.5. The summed E-state index contributed by atoms with van der Waals surface area (Å²) in [5, 5.41) is 10.8. The van der Waals surface area contributed by atoms with E-state index in [1.807, 2.05) is 6.07 Å². The summed E-state index contributed by atoms with van der Waals surface area (Å²) in [5.74, 6) is 1.26. The van der Waals surface area contributed by atoms with Crippen molar-refractivity contribution in [2.24, 2.45) is 5.92 Å². The molecule has 0 spiro atoms. The molecule has 2 atom stereocenters. The van der Waals surface area contributed by atoms with E-state index in [2.05, 4.69) is 32.9 Å². The number of benzene rings is 1. The number of fused-ring (bicyclic) bond motifs is 3. The van der Waals surface area contributed by atoms with Crippen molar-refractivity contribution >= 4 is 5.97 Å². The number of hydrogen-bond donors (Lipinski definition) is 1. The third-order valence-electron chi connectivity index (χ3n) is 5.93. The van der Waals surface area contributed by atoms with Crippen LogP contribution in [0, 0.1) is 5.92 Å². The van der Waals surface area contributed by atoms with E-state index in [9.17, 15) is 9.90 Å². The number of phenolic OH excluding ortho intramolecular Hbond substituents is 1. The number of unbranched alkanes of at least 4 members (excludes halogenated alkanes) is 2. The fraction of sp³-hybridized carbons (Fsp3) is 0.609. The van der Waals surface area contributed by atoms with Gasteiger partial charge in [0.2, 0.25) is 0 Å². The first-order valence-electron chi connectivity index (χ1n) is 10.2. The molecule has 4 heteroatoms. The molecule has 148 valence electrons. The molecule has 0 bridgehead atoms. The lowest BCUT2D eigenvalue weighted by Crippen LogP contribution is -2.45. The zero-order chi connectivity index (χ0) is 19.6. The highest BCUT2D eigenvalue weighted by Crippen LogP contribution is 2.53. The van der Waals surface area contributed by atoms with E-state index in [4.69, 9.17) is 9.47 Å². The SMILES string of the molecule is CCCCCc1cc(O)c2c(c1)OC(C)(C)[C@@H]1CCC(COC(C)=O)=C[C@@H]21. The predicted molar refractivity (Wildman–Crippen MR) is 106 cm³/mol. The van der Waals surface area contributed by atoms with Gasteiger partial charge in [0.25, 0.3) is 0 Å². The first kappa shape index (κ1) is 19.8.